The Morgan fingerprint density at radius 2 is 1.88 bits per heavy atom. The predicted molar refractivity (Wildman–Crippen MR) is 93.4 cm³/mol. The van der Waals surface area contributed by atoms with Gasteiger partial charge in [-0.1, -0.05) is 30.3 Å². The SMILES string of the molecule is CN1c2ccccc2C(C)(C)[C@]12C=Cc1cccc([N+](=O)[O-])c1O2. The van der Waals surface area contributed by atoms with Crippen LogP contribution in [0.15, 0.2) is 48.5 Å². The topological polar surface area (TPSA) is 55.6 Å². The Morgan fingerprint density at radius 1 is 1.12 bits per heavy atom. The quantitative estimate of drug-likeness (QED) is 0.585. The first-order valence-electron chi connectivity index (χ1n) is 7.87. The van der Waals surface area contributed by atoms with Crippen LogP contribution >= 0.6 is 0 Å². The van der Waals surface area contributed by atoms with Crippen LogP contribution in [-0.4, -0.2) is 17.7 Å². The zero-order chi connectivity index (χ0) is 17.1. The van der Waals surface area contributed by atoms with Crippen LogP contribution in [0.3, 0.4) is 0 Å². The number of para-hydroxylation sites is 2. The maximum absolute atomic E-state index is 11.4. The highest BCUT2D eigenvalue weighted by Gasteiger charge is 2.58. The number of nitro groups is 1. The van der Waals surface area contributed by atoms with Crippen LogP contribution in [0.1, 0.15) is 25.0 Å². The number of fused-ring (bicyclic) bond motifs is 2. The Hall–Kier alpha value is -2.82. The third-order valence-corrected chi connectivity index (χ3v) is 5.30. The first-order valence-corrected chi connectivity index (χ1v) is 7.87. The summed E-state index contributed by atoms with van der Waals surface area (Å²) in [7, 11) is 1.97. The van der Waals surface area contributed by atoms with Gasteiger partial charge in [0.05, 0.1) is 10.3 Å². The van der Waals surface area contributed by atoms with Gasteiger partial charge in [0.1, 0.15) is 0 Å². The third-order valence-electron chi connectivity index (χ3n) is 5.30. The molecule has 1 atom stereocenters. The summed E-state index contributed by atoms with van der Waals surface area (Å²) in [6.45, 7) is 4.22. The highest BCUT2D eigenvalue weighted by atomic mass is 16.6. The van der Waals surface area contributed by atoms with E-state index >= 15 is 0 Å². The zero-order valence-electron chi connectivity index (χ0n) is 13.8. The fraction of sp³-hybridized carbons (Fsp3) is 0.263. The van der Waals surface area contributed by atoms with Gasteiger partial charge >= 0.3 is 5.69 Å². The van der Waals surface area contributed by atoms with E-state index < -0.39 is 5.72 Å². The summed E-state index contributed by atoms with van der Waals surface area (Å²) in [5, 5.41) is 11.4. The summed E-state index contributed by atoms with van der Waals surface area (Å²) in [6.07, 6.45) is 3.94. The van der Waals surface area contributed by atoms with Crippen LogP contribution in [0.25, 0.3) is 6.08 Å². The number of hydrogen-bond acceptors (Lipinski definition) is 4. The van der Waals surface area contributed by atoms with Gasteiger partial charge in [0.15, 0.2) is 0 Å². The molecule has 122 valence electrons. The van der Waals surface area contributed by atoms with Crippen LogP contribution in [0.4, 0.5) is 11.4 Å². The summed E-state index contributed by atoms with van der Waals surface area (Å²) in [6, 6.07) is 13.1. The van der Waals surface area contributed by atoms with E-state index in [0.717, 1.165) is 11.3 Å². The Bertz CT molecular complexity index is 888. The number of nitrogens with zero attached hydrogens (tertiary/aromatic N) is 2. The molecule has 2 aromatic carbocycles. The number of anilines is 1. The number of hydrogen-bond donors (Lipinski definition) is 0. The monoisotopic (exact) mass is 322 g/mol. The summed E-state index contributed by atoms with van der Waals surface area (Å²) >= 11 is 0. The van der Waals surface area contributed by atoms with Crippen molar-refractivity contribution in [2.75, 3.05) is 11.9 Å². The average molecular weight is 322 g/mol. The minimum absolute atomic E-state index is 0.00335. The molecule has 5 nitrogen and oxygen atoms in total. The molecule has 4 rings (SSSR count). The van der Waals surface area contributed by atoms with Crippen molar-refractivity contribution in [1.29, 1.82) is 0 Å². The molecular weight excluding hydrogens is 304 g/mol. The molecule has 5 heteroatoms. The molecule has 24 heavy (non-hydrogen) atoms. The second-order valence-electron chi connectivity index (χ2n) is 6.79. The van der Waals surface area contributed by atoms with E-state index in [0.29, 0.717) is 5.75 Å². The second kappa shape index (κ2) is 4.60. The van der Waals surface area contributed by atoms with Crippen LogP contribution < -0.4 is 9.64 Å². The normalized spacial score (nSPS) is 22.9. The van der Waals surface area contributed by atoms with Gasteiger partial charge in [0, 0.05) is 24.4 Å². The Morgan fingerprint density at radius 3 is 2.58 bits per heavy atom. The van der Waals surface area contributed by atoms with Gasteiger partial charge in [-0.25, -0.2) is 0 Å². The lowest BCUT2D eigenvalue weighted by Crippen LogP contribution is -2.58. The van der Waals surface area contributed by atoms with Crippen molar-refractivity contribution in [2.24, 2.45) is 0 Å². The molecule has 0 aliphatic carbocycles. The fourth-order valence-corrected chi connectivity index (χ4v) is 3.92. The first kappa shape index (κ1) is 14.8. The Balaban J connectivity index is 1.92. The molecule has 0 fully saturated rings. The maximum atomic E-state index is 11.4. The second-order valence-corrected chi connectivity index (χ2v) is 6.79. The molecule has 0 saturated heterocycles. The van der Waals surface area contributed by atoms with Gasteiger partial charge in [-0.3, -0.25) is 10.1 Å². The first-order chi connectivity index (χ1) is 11.4. The lowest BCUT2D eigenvalue weighted by molar-refractivity contribution is -0.386. The molecule has 0 amide bonds. The highest BCUT2D eigenvalue weighted by Crippen LogP contribution is 2.55. The van der Waals surface area contributed by atoms with Crippen molar-refractivity contribution >= 4 is 17.5 Å². The molecule has 0 bridgehead atoms. The largest absolute Gasteiger partial charge is 0.456 e. The summed E-state index contributed by atoms with van der Waals surface area (Å²) in [5.41, 5.74) is 1.81. The van der Waals surface area contributed by atoms with Crippen LogP contribution in [0.2, 0.25) is 0 Å². The predicted octanol–water partition coefficient (Wildman–Crippen LogP) is 4.12. The van der Waals surface area contributed by atoms with Gasteiger partial charge in [0.25, 0.3) is 0 Å². The van der Waals surface area contributed by atoms with E-state index in [4.69, 9.17) is 4.74 Å². The van der Waals surface area contributed by atoms with E-state index in [1.165, 1.54) is 11.6 Å². The van der Waals surface area contributed by atoms with Gasteiger partial charge in [-0.15, -0.1) is 0 Å². The smallest absolute Gasteiger partial charge is 0.311 e. The van der Waals surface area contributed by atoms with Gasteiger partial charge in [-0.05, 0) is 37.6 Å². The highest BCUT2D eigenvalue weighted by molar-refractivity contribution is 5.74. The van der Waals surface area contributed by atoms with Gasteiger partial charge in [0.2, 0.25) is 11.5 Å². The van der Waals surface area contributed by atoms with Crippen molar-refractivity contribution in [3.8, 4) is 5.75 Å². The van der Waals surface area contributed by atoms with Crippen molar-refractivity contribution in [2.45, 2.75) is 25.0 Å². The maximum Gasteiger partial charge on any atom is 0.311 e. The third kappa shape index (κ3) is 1.64. The van der Waals surface area contributed by atoms with Crippen molar-refractivity contribution in [1.82, 2.24) is 0 Å². The number of benzene rings is 2. The van der Waals surface area contributed by atoms with E-state index in [9.17, 15) is 10.1 Å². The summed E-state index contributed by atoms with van der Waals surface area (Å²) < 4.78 is 6.38. The fourth-order valence-electron chi connectivity index (χ4n) is 3.92. The molecule has 0 radical (unpaired) electrons. The van der Waals surface area contributed by atoms with Crippen molar-refractivity contribution in [3.05, 3.63) is 69.8 Å². The Kier molecular flexibility index (Phi) is 2.83. The molecule has 2 aromatic rings. The van der Waals surface area contributed by atoms with Gasteiger partial charge in [-0.2, -0.15) is 0 Å². The Labute approximate surface area is 140 Å². The van der Waals surface area contributed by atoms with E-state index in [-0.39, 0.29) is 16.0 Å². The molecule has 1 spiro atoms. The lowest BCUT2D eigenvalue weighted by atomic mass is 9.76. The minimum Gasteiger partial charge on any atom is -0.456 e. The molecule has 2 heterocycles. The van der Waals surface area contributed by atoms with Gasteiger partial charge < -0.3 is 9.64 Å². The summed E-state index contributed by atoms with van der Waals surface area (Å²) in [5.74, 6) is 0.331. The van der Waals surface area contributed by atoms with Crippen molar-refractivity contribution in [3.63, 3.8) is 0 Å². The molecule has 0 aromatic heterocycles. The number of likely N-dealkylation sites (N-methyl/N-ethyl adjacent to an activating group) is 1. The molecule has 0 N–H and O–H groups in total. The molecule has 2 aliphatic rings. The van der Waals surface area contributed by atoms with E-state index in [1.54, 1.807) is 6.07 Å². The van der Waals surface area contributed by atoms with Crippen LogP contribution in [-0.2, 0) is 5.41 Å². The van der Waals surface area contributed by atoms with E-state index in [2.05, 4.69) is 30.9 Å². The summed E-state index contributed by atoms with van der Waals surface area (Å²) in [4.78, 5) is 13.1. The molecular formula is C19H18N2O3. The average Bonchev–Trinajstić information content (AvgIpc) is 2.74. The molecule has 2 aliphatic heterocycles. The van der Waals surface area contributed by atoms with Crippen LogP contribution in [0, 0.1) is 10.1 Å². The molecule has 0 saturated carbocycles. The number of rotatable bonds is 1. The minimum atomic E-state index is -0.796. The number of ether oxygens (including phenoxy) is 1. The van der Waals surface area contributed by atoms with E-state index in [1.807, 2.05) is 37.4 Å². The van der Waals surface area contributed by atoms with Crippen molar-refractivity contribution < 1.29 is 9.66 Å². The standard InChI is InChI=1S/C19H18N2O3/c1-18(2)14-8-4-5-9-15(14)20(3)19(18)12-11-13-7-6-10-16(21(22)23)17(13)24-19/h4-12H,1-3H3/t19-/m1/s1. The van der Waals surface area contributed by atoms with Crippen LogP contribution in [0.5, 0.6) is 5.75 Å². The number of nitro benzene ring substituents is 1. The lowest BCUT2D eigenvalue weighted by Gasteiger charge is -2.45. The molecule has 0 unspecified atom stereocenters. The zero-order valence-corrected chi connectivity index (χ0v) is 13.8.